The van der Waals surface area contributed by atoms with Crippen LogP contribution in [-0.4, -0.2) is 44.7 Å². The Morgan fingerprint density at radius 1 is 1.31 bits per heavy atom. The Labute approximate surface area is 150 Å². The highest BCUT2D eigenvalue weighted by Crippen LogP contribution is 2.22. The van der Waals surface area contributed by atoms with Gasteiger partial charge in [-0.05, 0) is 37.1 Å². The molecule has 2 aromatic heterocycles. The fourth-order valence-corrected chi connectivity index (χ4v) is 3.50. The number of aryl methyl sites for hydroxylation is 1. The minimum atomic E-state index is -0.278. The maximum absolute atomic E-state index is 13.0. The van der Waals surface area contributed by atoms with Gasteiger partial charge in [-0.1, -0.05) is 0 Å². The first-order valence-electron chi connectivity index (χ1n) is 8.78. The third-order valence-electron chi connectivity index (χ3n) is 4.87. The van der Waals surface area contributed by atoms with Gasteiger partial charge in [0, 0.05) is 38.4 Å². The fourth-order valence-electron chi connectivity index (χ4n) is 3.50. The highest BCUT2D eigenvalue weighted by molar-refractivity contribution is 5.99. The van der Waals surface area contributed by atoms with Crippen molar-refractivity contribution in [1.29, 1.82) is 0 Å². The van der Waals surface area contributed by atoms with E-state index in [1.165, 1.54) is 12.1 Å². The zero-order chi connectivity index (χ0) is 18.1. The van der Waals surface area contributed by atoms with Gasteiger partial charge < -0.3 is 14.2 Å². The van der Waals surface area contributed by atoms with Crippen molar-refractivity contribution in [2.24, 2.45) is 13.0 Å². The number of nitrogens with zero attached hydrogens (tertiary/aromatic N) is 4. The molecule has 1 aliphatic rings. The Hall–Kier alpha value is -2.83. The van der Waals surface area contributed by atoms with Gasteiger partial charge in [0.05, 0.1) is 12.8 Å². The zero-order valence-corrected chi connectivity index (χ0v) is 14.6. The summed E-state index contributed by atoms with van der Waals surface area (Å²) in [5.74, 6) is 0.641. The number of hydrogen-bond donors (Lipinski definition) is 0. The minimum Gasteiger partial charge on any atom is -0.493 e. The summed E-state index contributed by atoms with van der Waals surface area (Å²) in [6, 6.07) is 6.02. The molecule has 0 aliphatic carbocycles. The van der Waals surface area contributed by atoms with E-state index in [9.17, 15) is 9.18 Å². The molecule has 1 amide bonds. The number of ether oxygens (including phenoxy) is 1. The van der Waals surface area contributed by atoms with Gasteiger partial charge in [0.2, 0.25) is 0 Å². The van der Waals surface area contributed by atoms with Gasteiger partial charge >= 0.3 is 0 Å². The summed E-state index contributed by atoms with van der Waals surface area (Å²) in [6.45, 7) is 1.92. The molecule has 3 heterocycles. The summed E-state index contributed by atoms with van der Waals surface area (Å²) in [6.07, 6.45) is 7.31. The Balaban J connectivity index is 1.42. The quantitative estimate of drug-likeness (QED) is 0.722. The third-order valence-corrected chi connectivity index (χ3v) is 4.87. The van der Waals surface area contributed by atoms with Gasteiger partial charge in [0.15, 0.2) is 0 Å². The lowest BCUT2D eigenvalue weighted by molar-refractivity contribution is 0.0635. The summed E-state index contributed by atoms with van der Waals surface area (Å²) in [5.41, 5.74) is 1.43. The van der Waals surface area contributed by atoms with Crippen molar-refractivity contribution in [2.75, 3.05) is 19.7 Å². The predicted molar refractivity (Wildman–Crippen MR) is 94.7 cm³/mol. The lowest BCUT2D eigenvalue weighted by Gasteiger charge is -2.32. The zero-order valence-electron chi connectivity index (χ0n) is 14.6. The summed E-state index contributed by atoms with van der Waals surface area (Å²) in [5, 5.41) is 4.25. The fraction of sp³-hybridized carbons (Fsp3) is 0.368. The Kier molecular flexibility index (Phi) is 4.36. The summed E-state index contributed by atoms with van der Waals surface area (Å²) in [7, 11) is 1.91. The van der Waals surface area contributed by atoms with Crippen LogP contribution in [-0.2, 0) is 7.05 Å². The summed E-state index contributed by atoms with van der Waals surface area (Å²) >= 11 is 0. The molecule has 0 N–H and O–H groups in total. The standard InChI is InChI=1S/C19H21FN4O2/c1-22-9-10-24-18(22)17(11-21-24)19(25)23-8-2-3-14(12-23)13-26-16-6-4-15(20)5-7-16/h4-7,9-11,14H,2-3,8,12-13H2,1H3/t14-/m0/s1. The predicted octanol–water partition coefficient (Wildman–Crippen LogP) is 2.74. The number of hydrogen-bond acceptors (Lipinski definition) is 3. The van der Waals surface area contributed by atoms with Crippen LogP contribution in [0.25, 0.3) is 5.65 Å². The second kappa shape index (κ2) is 6.82. The Bertz CT molecular complexity index is 915. The van der Waals surface area contributed by atoms with Crippen molar-refractivity contribution < 1.29 is 13.9 Å². The number of likely N-dealkylation sites (tertiary alicyclic amines) is 1. The molecule has 4 rings (SSSR count). The number of carbonyl (C=O) groups is 1. The number of benzene rings is 1. The van der Waals surface area contributed by atoms with Gasteiger partial charge in [-0.15, -0.1) is 0 Å². The second-order valence-electron chi connectivity index (χ2n) is 6.76. The van der Waals surface area contributed by atoms with Crippen LogP contribution in [0.2, 0.25) is 0 Å². The lowest BCUT2D eigenvalue weighted by atomic mass is 9.98. The SMILES string of the molecule is Cn1ccn2ncc(C(=O)N3CCC[C@H](COc4ccc(F)cc4)C3)c12. The van der Waals surface area contributed by atoms with Crippen LogP contribution >= 0.6 is 0 Å². The van der Waals surface area contributed by atoms with E-state index in [2.05, 4.69) is 5.10 Å². The first-order chi connectivity index (χ1) is 12.6. The van der Waals surface area contributed by atoms with E-state index in [0.717, 1.165) is 25.0 Å². The maximum Gasteiger partial charge on any atom is 0.259 e. The van der Waals surface area contributed by atoms with E-state index in [-0.39, 0.29) is 17.6 Å². The van der Waals surface area contributed by atoms with Gasteiger partial charge in [0.1, 0.15) is 22.8 Å². The first-order valence-corrected chi connectivity index (χ1v) is 8.78. The van der Waals surface area contributed by atoms with Crippen LogP contribution < -0.4 is 4.74 Å². The average Bonchev–Trinajstić information content (AvgIpc) is 3.24. The number of rotatable bonds is 4. The van der Waals surface area contributed by atoms with Crippen LogP contribution in [0.4, 0.5) is 4.39 Å². The van der Waals surface area contributed by atoms with E-state index < -0.39 is 0 Å². The first kappa shape index (κ1) is 16.6. The van der Waals surface area contributed by atoms with E-state index in [0.29, 0.717) is 24.5 Å². The van der Waals surface area contributed by atoms with E-state index in [4.69, 9.17) is 4.74 Å². The van der Waals surface area contributed by atoms with Crippen molar-refractivity contribution in [3.63, 3.8) is 0 Å². The monoisotopic (exact) mass is 356 g/mol. The molecule has 0 unspecified atom stereocenters. The second-order valence-corrected chi connectivity index (χ2v) is 6.76. The summed E-state index contributed by atoms with van der Waals surface area (Å²) in [4.78, 5) is 14.8. The highest BCUT2D eigenvalue weighted by Gasteiger charge is 2.27. The van der Waals surface area contributed by atoms with E-state index in [1.807, 2.05) is 28.9 Å². The molecule has 3 aromatic rings. The molecule has 26 heavy (non-hydrogen) atoms. The molecule has 0 radical (unpaired) electrons. The number of halogens is 1. The van der Waals surface area contributed by atoms with Crippen molar-refractivity contribution in [3.8, 4) is 5.75 Å². The van der Waals surface area contributed by atoms with Crippen LogP contribution in [0.5, 0.6) is 5.75 Å². The lowest BCUT2D eigenvalue weighted by Crippen LogP contribution is -2.41. The normalized spacial score (nSPS) is 17.6. The molecular weight excluding hydrogens is 335 g/mol. The molecule has 0 bridgehead atoms. The molecule has 1 atom stereocenters. The Morgan fingerprint density at radius 3 is 2.92 bits per heavy atom. The molecule has 0 spiro atoms. The average molecular weight is 356 g/mol. The molecule has 1 aromatic carbocycles. The number of amides is 1. The van der Waals surface area contributed by atoms with Gasteiger partial charge in [-0.3, -0.25) is 4.79 Å². The molecule has 1 aliphatic heterocycles. The molecule has 6 nitrogen and oxygen atoms in total. The van der Waals surface area contributed by atoms with Gasteiger partial charge in [-0.2, -0.15) is 5.10 Å². The molecule has 136 valence electrons. The van der Waals surface area contributed by atoms with Crippen molar-refractivity contribution >= 4 is 11.6 Å². The van der Waals surface area contributed by atoms with Crippen molar-refractivity contribution in [2.45, 2.75) is 12.8 Å². The smallest absolute Gasteiger partial charge is 0.259 e. The highest BCUT2D eigenvalue weighted by atomic mass is 19.1. The van der Waals surface area contributed by atoms with Gasteiger partial charge in [-0.25, -0.2) is 8.91 Å². The maximum atomic E-state index is 13.0. The molecular formula is C19H21FN4O2. The van der Waals surface area contributed by atoms with Crippen molar-refractivity contribution in [1.82, 2.24) is 19.1 Å². The number of piperidine rings is 1. The largest absolute Gasteiger partial charge is 0.493 e. The van der Waals surface area contributed by atoms with Crippen LogP contribution in [0.1, 0.15) is 23.2 Å². The number of imidazole rings is 1. The topological polar surface area (TPSA) is 51.8 Å². The van der Waals surface area contributed by atoms with Crippen LogP contribution in [0, 0.1) is 11.7 Å². The number of carbonyl (C=O) groups excluding carboxylic acids is 1. The summed E-state index contributed by atoms with van der Waals surface area (Å²) < 4.78 is 22.4. The molecule has 1 fully saturated rings. The van der Waals surface area contributed by atoms with Crippen LogP contribution in [0.3, 0.4) is 0 Å². The van der Waals surface area contributed by atoms with Gasteiger partial charge in [0.25, 0.3) is 5.91 Å². The van der Waals surface area contributed by atoms with Crippen LogP contribution in [0.15, 0.2) is 42.9 Å². The molecule has 7 heteroatoms. The molecule has 1 saturated heterocycles. The minimum absolute atomic E-state index is 0.00767. The van der Waals surface area contributed by atoms with E-state index >= 15 is 0 Å². The Morgan fingerprint density at radius 2 is 2.12 bits per heavy atom. The third kappa shape index (κ3) is 3.16. The molecule has 0 saturated carbocycles. The van der Waals surface area contributed by atoms with Crippen molar-refractivity contribution in [3.05, 3.63) is 54.2 Å². The number of fused-ring (bicyclic) bond motifs is 1. The van der Waals surface area contributed by atoms with E-state index in [1.54, 1.807) is 22.8 Å². The number of aromatic nitrogens is 3.